The van der Waals surface area contributed by atoms with Gasteiger partial charge in [-0.3, -0.25) is 14.7 Å². The van der Waals surface area contributed by atoms with E-state index >= 15 is 0 Å². The molecule has 1 heterocycles. The number of likely N-dealkylation sites (N-methyl/N-ethyl adjacent to an activating group) is 1. The number of nitrogens with zero attached hydrogens (tertiary/aromatic N) is 3. The summed E-state index contributed by atoms with van der Waals surface area (Å²) in [5.74, 6) is 1.54. The molecule has 1 saturated carbocycles. The Morgan fingerprint density at radius 2 is 1.82 bits per heavy atom. The van der Waals surface area contributed by atoms with E-state index < -0.39 is 0 Å². The molecule has 164 valence electrons. The molecule has 2 aliphatic rings. The number of aliphatic imine (C=N–C) groups is 1. The van der Waals surface area contributed by atoms with Crippen molar-refractivity contribution < 1.29 is 4.79 Å². The third-order valence-corrected chi connectivity index (χ3v) is 6.09. The second-order valence-corrected chi connectivity index (χ2v) is 8.04. The first kappa shape index (κ1) is 25.5. The number of halogens is 1. The number of carbonyl (C=O) groups excluding carboxylic acids is 1. The second-order valence-electron chi connectivity index (χ2n) is 8.04. The summed E-state index contributed by atoms with van der Waals surface area (Å²) in [7, 11) is 0. The van der Waals surface area contributed by atoms with E-state index in [1.165, 1.54) is 19.3 Å². The summed E-state index contributed by atoms with van der Waals surface area (Å²) in [4.78, 5) is 22.1. The van der Waals surface area contributed by atoms with E-state index in [0.29, 0.717) is 18.0 Å². The molecule has 2 fully saturated rings. The zero-order valence-corrected chi connectivity index (χ0v) is 20.7. The molecule has 2 rings (SSSR count). The average Bonchev–Trinajstić information content (AvgIpc) is 3.16. The quantitative estimate of drug-likeness (QED) is 0.301. The van der Waals surface area contributed by atoms with Crippen LogP contribution < -0.4 is 10.6 Å². The summed E-state index contributed by atoms with van der Waals surface area (Å²) in [5, 5.41) is 6.93. The van der Waals surface area contributed by atoms with Crippen LogP contribution in [0.2, 0.25) is 0 Å². The average molecular weight is 508 g/mol. The molecule has 0 aromatic heterocycles. The monoisotopic (exact) mass is 507 g/mol. The summed E-state index contributed by atoms with van der Waals surface area (Å²) in [6.45, 7) is 14.2. The van der Waals surface area contributed by atoms with Gasteiger partial charge in [0, 0.05) is 37.6 Å². The first-order valence-corrected chi connectivity index (χ1v) is 11.2. The van der Waals surface area contributed by atoms with Gasteiger partial charge in [0.2, 0.25) is 5.91 Å². The van der Waals surface area contributed by atoms with Crippen LogP contribution in [0.5, 0.6) is 0 Å². The normalized spacial score (nSPS) is 22.1. The Morgan fingerprint density at radius 1 is 1.14 bits per heavy atom. The summed E-state index contributed by atoms with van der Waals surface area (Å²) in [5.41, 5.74) is 0. The van der Waals surface area contributed by atoms with Gasteiger partial charge in [-0.15, -0.1) is 24.0 Å². The van der Waals surface area contributed by atoms with E-state index in [-0.39, 0.29) is 29.9 Å². The number of hydrogen-bond acceptors (Lipinski definition) is 3. The molecule has 0 radical (unpaired) electrons. The molecular weight excluding hydrogens is 465 g/mol. The largest absolute Gasteiger partial charge is 0.357 e. The smallest absolute Gasteiger partial charge is 0.225 e. The molecule has 2 unspecified atom stereocenters. The third-order valence-electron chi connectivity index (χ3n) is 6.09. The molecule has 0 spiro atoms. The number of rotatable bonds is 8. The maximum Gasteiger partial charge on any atom is 0.225 e. The highest BCUT2D eigenvalue weighted by Gasteiger charge is 2.31. The van der Waals surface area contributed by atoms with Gasteiger partial charge in [0.15, 0.2) is 5.96 Å². The number of hydrogen-bond donors (Lipinski definition) is 2. The lowest BCUT2D eigenvalue weighted by molar-refractivity contribution is -0.135. The van der Waals surface area contributed by atoms with Gasteiger partial charge in [0.05, 0.1) is 6.54 Å². The Morgan fingerprint density at radius 3 is 2.43 bits per heavy atom. The highest BCUT2D eigenvalue weighted by molar-refractivity contribution is 14.0. The van der Waals surface area contributed by atoms with Crippen molar-refractivity contribution in [2.45, 2.75) is 78.3 Å². The Kier molecular flexibility index (Phi) is 12.4. The van der Waals surface area contributed by atoms with Crippen LogP contribution in [-0.4, -0.2) is 73.0 Å². The van der Waals surface area contributed by atoms with E-state index in [2.05, 4.69) is 48.1 Å². The number of amides is 1. The lowest BCUT2D eigenvalue weighted by Crippen LogP contribution is -2.46. The molecule has 0 bridgehead atoms. The fourth-order valence-electron chi connectivity index (χ4n) is 4.39. The first-order valence-electron chi connectivity index (χ1n) is 11.2. The predicted octanol–water partition coefficient (Wildman–Crippen LogP) is 3.07. The molecule has 0 aromatic carbocycles. The van der Waals surface area contributed by atoms with E-state index in [4.69, 9.17) is 4.99 Å². The van der Waals surface area contributed by atoms with Crippen molar-refractivity contribution in [1.82, 2.24) is 20.4 Å². The van der Waals surface area contributed by atoms with Gasteiger partial charge in [0.25, 0.3) is 0 Å². The highest BCUT2D eigenvalue weighted by atomic mass is 127. The molecule has 1 aliphatic carbocycles. The molecule has 2 atom stereocenters. The fourth-order valence-corrected chi connectivity index (χ4v) is 4.39. The summed E-state index contributed by atoms with van der Waals surface area (Å²) >= 11 is 0. The number of carbonyl (C=O) groups is 1. The Bertz CT molecular complexity index is 477. The van der Waals surface area contributed by atoms with Crippen molar-refractivity contribution in [3.8, 4) is 0 Å². The summed E-state index contributed by atoms with van der Waals surface area (Å²) in [6.07, 6.45) is 6.90. The minimum Gasteiger partial charge on any atom is -0.357 e. The molecule has 2 N–H and O–H groups in total. The van der Waals surface area contributed by atoms with Crippen LogP contribution in [0.4, 0.5) is 0 Å². The number of guanidine groups is 1. The standard InChI is InChI=1S/C21H41N5O.HI/c1-5-22-21(23-15-17(4)25(6-2)7-3)24-19-13-14-26(16-19)20(27)18-11-9-8-10-12-18;/h17-19H,5-16H2,1-4H3,(H2,22,23,24);1H. The van der Waals surface area contributed by atoms with Crippen molar-refractivity contribution in [1.29, 1.82) is 0 Å². The summed E-state index contributed by atoms with van der Waals surface area (Å²) < 4.78 is 0. The van der Waals surface area contributed by atoms with Gasteiger partial charge in [-0.2, -0.15) is 0 Å². The van der Waals surface area contributed by atoms with Crippen LogP contribution >= 0.6 is 24.0 Å². The lowest BCUT2D eigenvalue weighted by atomic mass is 9.88. The predicted molar refractivity (Wildman–Crippen MR) is 128 cm³/mol. The van der Waals surface area contributed by atoms with E-state index in [1.54, 1.807) is 0 Å². The zero-order chi connectivity index (χ0) is 19.6. The third kappa shape index (κ3) is 7.69. The maximum absolute atomic E-state index is 12.8. The summed E-state index contributed by atoms with van der Waals surface area (Å²) in [6, 6.07) is 0.738. The molecule has 6 nitrogen and oxygen atoms in total. The van der Waals surface area contributed by atoms with Crippen LogP contribution in [0.25, 0.3) is 0 Å². The van der Waals surface area contributed by atoms with Crippen molar-refractivity contribution >= 4 is 35.8 Å². The molecule has 0 aromatic rings. The van der Waals surface area contributed by atoms with Crippen LogP contribution in [0.1, 0.15) is 66.2 Å². The zero-order valence-electron chi connectivity index (χ0n) is 18.4. The maximum atomic E-state index is 12.8. The van der Waals surface area contributed by atoms with Crippen LogP contribution in [0.15, 0.2) is 4.99 Å². The van der Waals surface area contributed by atoms with Crippen molar-refractivity contribution in [3.05, 3.63) is 0 Å². The van der Waals surface area contributed by atoms with Crippen LogP contribution in [-0.2, 0) is 4.79 Å². The van der Waals surface area contributed by atoms with Gasteiger partial charge >= 0.3 is 0 Å². The number of nitrogens with one attached hydrogen (secondary N) is 2. The van der Waals surface area contributed by atoms with Gasteiger partial charge < -0.3 is 15.5 Å². The van der Waals surface area contributed by atoms with Crippen molar-refractivity contribution in [2.24, 2.45) is 10.9 Å². The molecular formula is C21H42IN5O. The number of likely N-dealkylation sites (tertiary alicyclic amines) is 1. The Balaban J connectivity index is 0.00000392. The second kappa shape index (κ2) is 13.6. The topological polar surface area (TPSA) is 60.0 Å². The Hall–Kier alpha value is -0.570. The van der Waals surface area contributed by atoms with Crippen LogP contribution in [0, 0.1) is 5.92 Å². The van der Waals surface area contributed by atoms with E-state index in [0.717, 1.165) is 64.5 Å². The SMILES string of the molecule is CCNC(=NCC(C)N(CC)CC)NC1CCN(C(=O)C2CCCCC2)C1.I. The lowest BCUT2D eigenvalue weighted by Gasteiger charge is -2.27. The van der Waals surface area contributed by atoms with Crippen LogP contribution in [0.3, 0.4) is 0 Å². The minimum absolute atomic E-state index is 0. The molecule has 1 amide bonds. The molecule has 28 heavy (non-hydrogen) atoms. The minimum atomic E-state index is 0. The Labute approximate surface area is 189 Å². The highest BCUT2D eigenvalue weighted by Crippen LogP contribution is 2.26. The van der Waals surface area contributed by atoms with Crippen molar-refractivity contribution in [2.75, 3.05) is 39.3 Å². The van der Waals surface area contributed by atoms with Gasteiger partial charge in [0.1, 0.15) is 0 Å². The van der Waals surface area contributed by atoms with Gasteiger partial charge in [-0.1, -0.05) is 33.1 Å². The van der Waals surface area contributed by atoms with E-state index in [9.17, 15) is 4.79 Å². The van der Waals surface area contributed by atoms with Gasteiger partial charge in [-0.25, -0.2) is 0 Å². The van der Waals surface area contributed by atoms with E-state index in [1.807, 2.05) is 0 Å². The molecule has 7 heteroatoms. The van der Waals surface area contributed by atoms with Gasteiger partial charge in [-0.05, 0) is 46.2 Å². The van der Waals surface area contributed by atoms with Crippen molar-refractivity contribution in [3.63, 3.8) is 0 Å². The first-order chi connectivity index (χ1) is 13.1. The molecule has 1 aliphatic heterocycles. The molecule has 1 saturated heterocycles. The fraction of sp³-hybridized carbons (Fsp3) is 0.905.